The van der Waals surface area contributed by atoms with E-state index in [1.165, 1.54) is 12.1 Å². The fourth-order valence-corrected chi connectivity index (χ4v) is 3.17. The first-order valence-electron chi connectivity index (χ1n) is 6.38. The number of Topliss-reactive ketones (excluding diaryl/α,β-unsaturated/α-hetero) is 1. The quantitative estimate of drug-likeness (QED) is 0.816. The molecule has 21 heavy (non-hydrogen) atoms. The van der Waals surface area contributed by atoms with Crippen LogP contribution in [-0.4, -0.2) is 20.0 Å². The summed E-state index contributed by atoms with van der Waals surface area (Å²) < 4.78 is 37.4. The van der Waals surface area contributed by atoms with E-state index in [1.54, 1.807) is 18.2 Å². The summed E-state index contributed by atoms with van der Waals surface area (Å²) in [7, 11) is -3.84. The van der Waals surface area contributed by atoms with E-state index in [0.717, 1.165) is 23.3 Å². The highest BCUT2D eigenvalue weighted by molar-refractivity contribution is 7.92. The second-order valence-electron chi connectivity index (χ2n) is 4.94. The highest BCUT2D eigenvalue weighted by atomic mass is 32.2. The average Bonchev–Trinajstić information content (AvgIpc) is 2.41. The van der Waals surface area contributed by atoms with Crippen LogP contribution in [0.2, 0.25) is 0 Å². The molecule has 0 amide bonds. The molecule has 0 fully saturated rings. The summed E-state index contributed by atoms with van der Waals surface area (Å²) in [5.74, 6) is -1.81. The summed E-state index contributed by atoms with van der Waals surface area (Å²) in [4.78, 5) is 11.9. The zero-order chi connectivity index (χ0) is 15.6. The SMILES string of the molecule is Cc1ccc(C(=O)CS(=O)(=O)c2cccc(F)c2)cc1C. The van der Waals surface area contributed by atoms with E-state index < -0.39 is 27.2 Å². The van der Waals surface area contributed by atoms with Gasteiger partial charge in [0, 0.05) is 5.56 Å². The Morgan fingerprint density at radius 2 is 1.76 bits per heavy atom. The van der Waals surface area contributed by atoms with E-state index in [0.29, 0.717) is 5.56 Å². The number of carbonyl (C=O) groups is 1. The average molecular weight is 306 g/mol. The number of hydrogen-bond acceptors (Lipinski definition) is 3. The van der Waals surface area contributed by atoms with Gasteiger partial charge in [0.15, 0.2) is 15.6 Å². The van der Waals surface area contributed by atoms with Crippen LogP contribution in [0.5, 0.6) is 0 Å². The van der Waals surface area contributed by atoms with Crippen LogP contribution in [0.1, 0.15) is 21.5 Å². The van der Waals surface area contributed by atoms with Gasteiger partial charge in [0.25, 0.3) is 0 Å². The van der Waals surface area contributed by atoms with Crippen LogP contribution in [-0.2, 0) is 9.84 Å². The van der Waals surface area contributed by atoms with Crippen molar-refractivity contribution >= 4 is 15.6 Å². The van der Waals surface area contributed by atoms with E-state index in [2.05, 4.69) is 0 Å². The number of carbonyl (C=O) groups excluding carboxylic acids is 1. The van der Waals surface area contributed by atoms with Crippen LogP contribution < -0.4 is 0 Å². The number of aryl methyl sites for hydroxylation is 2. The van der Waals surface area contributed by atoms with Crippen molar-refractivity contribution < 1.29 is 17.6 Å². The predicted octanol–water partition coefficient (Wildman–Crippen LogP) is 3.10. The molecule has 0 aliphatic rings. The van der Waals surface area contributed by atoms with Crippen molar-refractivity contribution in [2.45, 2.75) is 18.7 Å². The van der Waals surface area contributed by atoms with Gasteiger partial charge in [0.1, 0.15) is 11.6 Å². The molecule has 0 aromatic heterocycles. The lowest BCUT2D eigenvalue weighted by Gasteiger charge is -2.06. The molecule has 0 bridgehead atoms. The molecule has 0 aliphatic heterocycles. The molecule has 2 aromatic carbocycles. The van der Waals surface area contributed by atoms with E-state index in [9.17, 15) is 17.6 Å². The number of ketones is 1. The van der Waals surface area contributed by atoms with Gasteiger partial charge in [-0.25, -0.2) is 12.8 Å². The Morgan fingerprint density at radius 3 is 2.38 bits per heavy atom. The van der Waals surface area contributed by atoms with E-state index >= 15 is 0 Å². The summed E-state index contributed by atoms with van der Waals surface area (Å²) in [5, 5.41) is 0. The van der Waals surface area contributed by atoms with Crippen LogP contribution in [0.3, 0.4) is 0 Å². The normalized spacial score (nSPS) is 11.4. The molecular weight excluding hydrogens is 291 g/mol. The molecule has 110 valence electrons. The molecule has 3 nitrogen and oxygen atoms in total. The van der Waals surface area contributed by atoms with Gasteiger partial charge in [-0.2, -0.15) is 0 Å². The number of halogens is 1. The first-order chi connectivity index (χ1) is 9.79. The smallest absolute Gasteiger partial charge is 0.185 e. The predicted molar refractivity (Wildman–Crippen MR) is 78.7 cm³/mol. The molecular formula is C16H15FO3S. The first kappa shape index (κ1) is 15.4. The second kappa shape index (κ2) is 5.77. The van der Waals surface area contributed by atoms with E-state index in [4.69, 9.17) is 0 Å². The van der Waals surface area contributed by atoms with Gasteiger partial charge in [-0.05, 0) is 49.2 Å². The lowest BCUT2D eigenvalue weighted by Crippen LogP contribution is -2.16. The van der Waals surface area contributed by atoms with Crippen molar-refractivity contribution in [1.29, 1.82) is 0 Å². The third kappa shape index (κ3) is 3.55. The van der Waals surface area contributed by atoms with Gasteiger partial charge in [-0.3, -0.25) is 4.79 Å². The summed E-state index contributed by atoms with van der Waals surface area (Å²) in [6.45, 7) is 3.76. The van der Waals surface area contributed by atoms with Crippen LogP contribution in [0.25, 0.3) is 0 Å². The monoisotopic (exact) mass is 306 g/mol. The van der Waals surface area contributed by atoms with Crippen molar-refractivity contribution in [3.8, 4) is 0 Å². The van der Waals surface area contributed by atoms with Crippen LogP contribution in [0, 0.1) is 19.7 Å². The molecule has 2 rings (SSSR count). The highest BCUT2D eigenvalue weighted by Crippen LogP contribution is 2.16. The molecule has 0 aliphatic carbocycles. The zero-order valence-electron chi connectivity index (χ0n) is 11.8. The lowest BCUT2D eigenvalue weighted by atomic mass is 10.0. The number of sulfone groups is 1. The van der Waals surface area contributed by atoms with Gasteiger partial charge in [0.2, 0.25) is 0 Å². The van der Waals surface area contributed by atoms with Crippen LogP contribution in [0.15, 0.2) is 47.4 Å². The molecule has 2 aromatic rings. The van der Waals surface area contributed by atoms with Crippen molar-refractivity contribution in [3.63, 3.8) is 0 Å². The standard InChI is InChI=1S/C16H15FO3S/c1-11-6-7-13(8-12(11)2)16(18)10-21(19,20)15-5-3-4-14(17)9-15/h3-9H,10H2,1-2H3. The fourth-order valence-electron chi connectivity index (χ4n) is 1.91. The highest BCUT2D eigenvalue weighted by Gasteiger charge is 2.21. The van der Waals surface area contributed by atoms with E-state index in [1.807, 2.05) is 13.8 Å². The maximum Gasteiger partial charge on any atom is 0.185 e. The Labute approximate surface area is 123 Å². The Hall–Kier alpha value is -2.01. The zero-order valence-corrected chi connectivity index (χ0v) is 12.6. The van der Waals surface area contributed by atoms with Gasteiger partial charge >= 0.3 is 0 Å². The molecule has 0 saturated heterocycles. The lowest BCUT2D eigenvalue weighted by molar-refractivity contribution is 0.102. The van der Waals surface area contributed by atoms with E-state index in [-0.39, 0.29) is 4.90 Å². The minimum Gasteiger partial charge on any atom is -0.293 e. The maximum absolute atomic E-state index is 13.1. The summed E-state index contributed by atoms with van der Waals surface area (Å²) in [6.07, 6.45) is 0. The number of rotatable bonds is 4. The molecule has 0 spiro atoms. The van der Waals surface area contributed by atoms with Gasteiger partial charge < -0.3 is 0 Å². The molecule has 0 saturated carbocycles. The molecule has 0 N–H and O–H groups in total. The first-order valence-corrected chi connectivity index (χ1v) is 8.03. The molecule has 0 radical (unpaired) electrons. The third-order valence-electron chi connectivity index (χ3n) is 3.31. The van der Waals surface area contributed by atoms with Crippen molar-refractivity contribution in [2.75, 3.05) is 5.75 Å². The maximum atomic E-state index is 13.1. The summed E-state index contributed by atoms with van der Waals surface area (Å²) >= 11 is 0. The number of hydrogen-bond donors (Lipinski definition) is 0. The number of benzene rings is 2. The minimum atomic E-state index is -3.84. The van der Waals surface area contributed by atoms with Gasteiger partial charge in [0.05, 0.1) is 4.90 Å². The largest absolute Gasteiger partial charge is 0.293 e. The van der Waals surface area contributed by atoms with Crippen LogP contribution >= 0.6 is 0 Å². The Bertz CT molecular complexity index is 795. The van der Waals surface area contributed by atoms with Gasteiger partial charge in [-0.15, -0.1) is 0 Å². The molecule has 5 heteroatoms. The molecule has 0 unspecified atom stereocenters. The Morgan fingerprint density at radius 1 is 1.05 bits per heavy atom. The van der Waals surface area contributed by atoms with Crippen molar-refractivity contribution in [1.82, 2.24) is 0 Å². The molecule has 0 heterocycles. The Balaban J connectivity index is 2.28. The van der Waals surface area contributed by atoms with Gasteiger partial charge in [-0.1, -0.05) is 18.2 Å². The summed E-state index contributed by atoms with van der Waals surface area (Å²) in [5.41, 5.74) is 2.29. The van der Waals surface area contributed by atoms with Crippen molar-refractivity contribution in [2.24, 2.45) is 0 Å². The topological polar surface area (TPSA) is 51.2 Å². The summed E-state index contributed by atoms with van der Waals surface area (Å²) in [6, 6.07) is 9.71. The third-order valence-corrected chi connectivity index (χ3v) is 4.92. The minimum absolute atomic E-state index is 0.181. The Kier molecular flexibility index (Phi) is 4.23. The van der Waals surface area contributed by atoms with Crippen molar-refractivity contribution in [3.05, 3.63) is 65.0 Å². The molecule has 0 atom stereocenters. The second-order valence-corrected chi connectivity index (χ2v) is 6.93. The fraction of sp³-hybridized carbons (Fsp3) is 0.188. The van der Waals surface area contributed by atoms with Crippen LogP contribution in [0.4, 0.5) is 4.39 Å².